The molecular weight excluding hydrogens is 595 g/mol. The molecule has 1 aromatic heterocycles. The zero-order valence-corrected chi connectivity index (χ0v) is 28.8. The summed E-state index contributed by atoms with van der Waals surface area (Å²) in [6, 6.07) is 39.7. The van der Waals surface area contributed by atoms with Gasteiger partial charge < -0.3 is 9.32 Å². The van der Waals surface area contributed by atoms with Crippen molar-refractivity contribution in [3.8, 4) is 11.1 Å². The number of para-hydroxylation sites is 1. The highest BCUT2D eigenvalue weighted by Crippen LogP contribution is 2.56. The van der Waals surface area contributed by atoms with Crippen LogP contribution in [0, 0.1) is 23.7 Å². The van der Waals surface area contributed by atoms with E-state index >= 15 is 0 Å². The van der Waals surface area contributed by atoms with Gasteiger partial charge in [0.05, 0.1) is 0 Å². The van der Waals surface area contributed by atoms with E-state index in [0.717, 1.165) is 46.7 Å². The minimum atomic E-state index is -0.129. The van der Waals surface area contributed by atoms with E-state index in [2.05, 4.69) is 122 Å². The molecule has 1 heterocycles. The van der Waals surface area contributed by atoms with Gasteiger partial charge in [0.1, 0.15) is 11.2 Å². The molecule has 244 valence electrons. The number of rotatable bonds is 5. The van der Waals surface area contributed by atoms with E-state index in [1.54, 1.807) is 11.1 Å². The van der Waals surface area contributed by atoms with Gasteiger partial charge in [0.15, 0.2) is 0 Å². The predicted molar refractivity (Wildman–Crippen MR) is 202 cm³/mol. The fraction of sp³-hybridized carbons (Fsp3) is 0.362. The van der Waals surface area contributed by atoms with Crippen LogP contribution < -0.4 is 4.90 Å². The van der Waals surface area contributed by atoms with Crippen molar-refractivity contribution in [1.29, 1.82) is 0 Å². The highest BCUT2D eigenvalue weighted by atomic mass is 16.3. The average Bonchev–Trinajstić information content (AvgIpc) is 4.00. The Bertz CT molecular complexity index is 2180. The standard InChI is InChI=1S/C47H45NO/c1-47(2)43-25-36(19-20-37(43)41-27-46-42(26-44(41)47)38-5-3-4-6-45(38)49-46)48(34-15-11-30(12-16-34)39-23-28-7-9-32(39)21-28)35-17-13-31(14-18-35)40-24-29-8-10-33(40)22-29/h3-6,11-20,25-29,32-33,39-40H,7-10,21-24H2,1-2H3. The lowest BCUT2D eigenvalue weighted by atomic mass is 9.81. The molecule has 5 aliphatic rings. The second-order valence-electron chi connectivity index (χ2n) is 16.9. The first-order valence-corrected chi connectivity index (χ1v) is 19.1. The van der Waals surface area contributed by atoms with Gasteiger partial charge in [-0.2, -0.15) is 0 Å². The zero-order valence-electron chi connectivity index (χ0n) is 28.8. The molecule has 5 aliphatic carbocycles. The van der Waals surface area contributed by atoms with Gasteiger partial charge in [-0.1, -0.05) is 75.2 Å². The molecule has 0 spiro atoms. The minimum absolute atomic E-state index is 0.129. The van der Waals surface area contributed by atoms with Crippen LogP contribution in [-0.4, -0.2) is 0 Å². The van der Waals surface area contributed by atoms with Crippen LogP contribution in [0.5, 0.6) is 0 Å². The summed E-state index contributed by atoms with van der Waals surface area (Å²) in [4.78, 5) is 2.51. The molecule has 4 saturated carbocycles. The van der Waals surface area contributed by atoms with Crippen molar-refractivity contribution in [3.63, 3.8) is 0 Å². The maximum absolute atomic E-state index is 6.36. The van der Waals surface area contributed by atoms with Crippen LogP contribution in [0.4, 0.5) is 17.1 Å². The quantitative estimate of drug-likeness (QED) is 0.187. The summed E-state index contributed by atoms with van der Waals surface area (Å²) in [5.41, 5.74) is 14.0. The first-order chi connectivity index (χ1) is 24.0. The lowest BCUT2D eigenvalue weighted by Gasteiger charge is -2.29. The average molecular weight is 640 g/mol. The molecule has 6 aromatic rings. The minimum Gasteiger partial charge on any atom is -0.456 e. The molecule has 0 amide bonds. The summed E-state index contributed by atoms with van der Waals surface area (Å²) in [6.45, 7) is 4.79. The predicted octanol–water partition coefficient (Wildman–Crippen LogP) is 13.2. The molecular formula is C47H45NO. The van der Waals surface area contributed by atoms with Gasteiger partial charge in [0, 0.05) is 33.2 Å². The van der Waals surface area contributed by atoms with E-state index in [0.29, 0.717) is 0 Å². The van der Waals surface area contributed by atoms with Gasteiger partial charge in [0.2, 0.25) is 0 Å². The van der Waals surface area contributed by atoms with Gasteiger partial charge in [0.25, 0.3) is 0 Å². The number of hydrogen-bond acceptors (Lipinski definition) is 2. The van der Waals surface area contributed by atoms with E-state index in [-0.39, 0.29) is 5.41 Å². The molecule has 0 saturated heterocycles. The number of furan rings is 1. The molecule has 0 aliphatic heterocycles. The Hall–Kier alpha value is -4.30. The maximum Gasteiger partial charge on any atom is 0.136 e. The number of hydrogen-bond donors (Lipinski definition) is 0. The Labute approximate surface area is 290 Å². The lowest BCUT2D eigenvalue weighted by molar-refractivity contribution is 0.420. The smallest absolute Gasteiger partial charge is 0.136 e. The fourth-order valence-electron chi connectivity index (χ4n) is 11.6. The third kappa shape index (κ3) is 4.25. The largest absolute Gasteiger partial charge is 0.456 e. The Morgan fingerprint density at radius 1 is 0.531 bits per heavy atom. The van der Waals surface area contributed by atoms with E-state index in [4.69, 9.17) is 4.42 Å². The number of benzene rings is 5. The van der Waals surface area contributed by atoms with E-state index in [1.165, 1.54) is 101 Å². The monoisotopic (exact) mass is 639 g/mol. The van der Waals surface area contributed by atoms with Crippen molar-refractivity contribution in [2.24, 2.45) is 23.7 Å². The number of fused-ring (bicyclic) bond motifs is 10. The lowest BCUT2D eigenvalue weighted by Crippen LogP contribution is -2.17. The maximum atomic E-state index is 6.36. The van der Waals surface area contributed by atoms with Gasteiger partial charge in [-0.05, 0) is 162 Å². The van der Waals surface area contributed by atoms with Crippen LogP contribution in [0.2, 0.25) is 0 Å². The SMILES string of the molecule is CC1(C)c2cc(N(c3ccc(C4CC5CCC4C5)cc3)c3ccc(C4CC5CCC4C5)cc3)ccc2-c2cc3oc4ccccc4c3cc21. The summed E-state index contributed by atoms with van der Waals surface area (Å²) in [5, 5.41) is 2.41. The summed E-state index contributed by atoms with van der Waals surface area (Å²) >= 11 is 0. The molecule has 2 heteroatoms. The molecule has 4 bridgehead atoms. The van der Waals surface area contributed by atoms with Crippen molar-refractivity contribution in [1.82, 2.24) is 0 Å². The van der Waals surface area contributed by atoms with Gasteiger partial charge in [-0.25, -0.2) is 0 Å². The van der Waals surface area contributed by atoms with Crippen molar-refractivity contribution < 1.29 is 4.42 Å². The van der Waals surface area contributed by atoms with Crippen LogP contribution in [0.1, 0.15) is 99.3 Å². The van der Waals surface area contributed by atoms with Crippen molar-refractivity contribution in [2.45, 2.75) is 82.5 Å². The summed E-state index contributed by atoms with van der Waals surface area (Å²) in [6.07, 6.45) is 11.4. The van der Waals surface area contributed by atoms with Crippen LogP contribution in [0.3, 0.4) is 0 Å². The fourth-order valence-corrected chi connectivity index (χ4v) is 11.6. The topological polar surface area (TPSA) is 16.4 Å². The highest BCUT2D eigenvalue weighted by Gasteiger charge is 2.41. The van der Waals surface area contributed by atoms with Crippen LogP contribution in [-0.2, 0) is 5.41 Å². The molecule has 2 nitrogen and oxygen atoms in total. The Kier molecular flexibility index (Phi) is 6.03. The summed E-state index contributed by atoms with van der Waals surface area (Å²) in [7, 11) is 0. The zero-order chi connectivity index (χ0) is 32.4. The molecule has 11 rings (SSSR count). The first kappa shape index (κ1) is 28.5. The van der Waals surface area contributed by atoms with Crippen LogP contribution >= 0.6 is 0 Å². The molecule has 6 atom stereocenters. The molecule has 0 N–H and O–H groups in total. The second kappa shape index (κ2) is 10.4. The van der Waals surface area contributed by atoms with Gasteiger partial charge in [-0.15, -0.1) is 0 Å². The Balaban J connectivity index is 1.00. The van der Waals surface area contributed by atoms with Gasteiger partial charge >= 0.3 is 0 Å². The molecule has 0 radical (unpaired) electrons. The van der Waals surface area contributed by atoms with E-state index in [1.807, 2.05) is 0 Å². The van der Waals surface area contributed by atoms with Crippen molar-refractivity contribution in [2.75, 3.05) is 4.90 Å². The molecule has 5 aromatic carbocycles. The highest BCUT2D eigenvalue weighted by molar-refractivity contribution is 6.07. The number of anilines is 3. The Morgan fingerprint density at radius 2 is 1.12 bits per heavy atom. The third-order valence-corrected chi connectivity index (χ3v) is 14.1. The summed E-state index contributed by atoms with van der Waals surface area (Å²) in [5.74, 6) is 5.21. The Morgan fingerprint density at radius 3 is 1.71 bits per heavy atom. The van der Waals surface area contributed by atoms with Crippen molar-refractivity contribution in [3.05, 3.63) is 125 Å². The van der Waals surface area contributed by atoms with E-state index < -0.39 is 0 Å². The first-order valence-electron chi connectivity index (χ1n) is 19.1. The number of nitrogens with zero attached hydrogens (tertiary/aromatic N) is 1. The van der Waals surface area contributed by atoms with E-state index in [9.17, 15) is 0 Å². The van der Waals surface area contributed by atoms with Gasteiger partial charge in [-0.3, -0.25) is 0 Å². The molecule has 4 fully saturated rings. The normalized spacial score (nSPS) is 27.3. The molecule has 49 heavy (non-hydrogen) atoms. The molecule has 6 unspecified atom stereocenters. The summed E-state index contributed by atoms with van der Waals surface area (Å²) < 4.78 is 6.36. The third-order valence-electron chi connectivity index (χ3n) is 14.1. The second-order valence-corrected chi connectivity index (χ2v) is 16.9. The van der Waals surface area contributed by atoms with Crippen LogP contribution in [0.15, 0.2) is 108 Å². The van der Waals surface area contributed by atoms with Crippen molar-refractivity contribution >= 4 is 39.0 Å². The van der Waals surface area contributed by atoms with Crippen LogP contribution in [0.25, 0.3) is 33.1 Å².